The van der Waals surface area contributed by atoms with E-state index in [9.17, 15) is 8.78 Å². The number of nitrogens with zero attached hydrogens (tertiary/aromatic N) is 3. The number of imidazole rings is 1. The van der Waals surface area contributed by atoms with E-state index < -0.39 is 11.6 Å². The Labute approximate surface area is 160 Å². The second-order valence-corrected chi connectivity index (χ2v) is 6.67. The van der Waals surface area contributed by atoms with Crippen molar-refractivity contribution in [1.82, 2.24) is 14.9 Å². The topological polar surface area (TPSA) is 82.3 Å². The molecule has 0 aliphatic carbocycles. The molecule has 3 rings (SSSR count). The zero-order valence-corrected chi connectivity index (χ0v) is 15.6. The number of benzene rings is 2. The fourth-order valence-corrected chi connectivity index (χ4v) is 2.72. The number of rotatable bonds is 6. The summed E-state index contributed by atoms with van der Waals surface area (Å²) in [5.41, 5.74) is 6.91. The van der Waals surface area contributed by atoms with Crippen LogP contribution in [0.25, 0.3) is 11.0 Å². The van der Waals surface area contributed by atoms with E-state index in [0.29, 0.717) is 23.2 Å². The lowest BCUT2D eigenvalue weighted by Gasteiger charge is -2.09. The fourth-order valence-electron chi connectivity index (χ4n) is 2.53. The molecule has 0 aliphatic heterocycles. The van der Waals surface area contributed by atoms with Gasteiger partial charge in [-0.2, -0.15) is 0 Å². The van der Waals surface area contributed by atoms with Crippen molar-refractivity contribution in [3.8, 4) is 0 Å². The van der Waals surface area contributed by atoms with Gasteiger partial charge < -0.3 is 20.9 Å². The van der Waals surface area contributed by atoms with Gasteiger partial charge in [-0.1, -0.05) is 17.7 Å². The number of aliphatic imine (C=N–C) groups is 1. The van der Waals surface area contributed by atoms with Crippen LogP contribution in [-0.4, -0.2) is 47.9 Å². The van der Waals surface area contributed by atoms with Gasteiger partial charge in [-0.05, 0) is 38.4 Å². The summed E-state index contributed by atoms with van der Waals surface area (Å²) in [5.74, 6) is -1.74. The van der Waals surface area contributed by atoms with Crippen LogP contribution >= 0.6 is 11.6 Å². The van der Waals surface area contributed by atoms with Crippen LogP contribution in [0.5, 0.6) is 0 Å². The number of anilines is 1. The summed E-state index contributed by atoms with van der Waals surface area (Å²) in [6.45, 7) is 1.33. The van der Waals surface area contributed by atoms with Crippen molar-refractivity contribution in [1.29, 1.82) is 0 Å². The Balaban J connectivity index is 2.01. The maximum absolute atomic E-state index is 14.2. The number of amidine groups is 1. The molecular formula is C18H19ClF2N6. The van der Waals surface area contributed by atoms with E-state index in [1.807, 2.05) is 19.0 Å². The molecule has 0 spiro atoms. The highest BCUT2D eigenvalue weighted by molar-refractivity contribution is 6.30. The SMILES string of the molecule is CN(C)CCNc1nc2c(F)c(F)cc(C(N)=Nc3cccc(Cl)c3)c2[nH]1. The van der Waals surface area contributed by atoms with Gasteiger partial charge in [0.25, 0.3) is 0 Å². The molecule has 4 N–H and O–H groups in total. The lowest BCUT2D eigenvalue weighted by atomic mass is 10.1. The number of aromatic nitrogens is 2. The molecule has 0 saturated heterocycles. The summed E-state index contributed by atoms with van der Waals surface area (Å²) in [6, 6.07) is 7.75. The predicted molar refractivity (Wildman–Crippen MR) is 105 cm³/mol. The normalized spacial score (nSPS) is 12.1. The van der Waals surface area contributed by atoms with Gasteiger partial charge in [0.15, 0.2) is 11.6 Å². The van der Waals surface area contributed by atoms with E-state index in [1.54, 1.807) is 24.3 Å². The average Bonchev–Trinajstić information content (AvgIpc) is 3.02. The number of nitrogens with one attached hydrogen (secondary N) is 2. The van der Waals surface area contributed by atoms with Gasteiger partial charge in [0.2, 0.25) is 5.95 Å². The van der Waals surface area contributed by atoms with E-state index >= 15 is 0 Å². The second kappa shape index (κ2) is 7.89. The Morgan fingerprint density at radius 2 is 2.11 bits per heavy atom. The maximum atomic E-state index is 14.2. The number of halogens is 3. The molecule has 6 nitrogen and oxygen atoms in total. The van der Waals surface area contributed by atoms with Crippen LogP contribution in [0.3, 0.4) is 0 Å². The van der Waals surface area contributed by atoms with Crippen molar-refractivity contribution >= 4 is 40.1 Å². The first-order valence-corrected chi connectivity index (χ1v) is 8.59. The Bertz CT molecular complexity index is 999. The minimum atomic E-state index is -1.05. The molecule has 0 amide bonds. The molecule has 0 fully saturated rings. The van der Waals surface area contributed by atoms with Crippen molar-refractivity contribution in [2.75, 3.05) is 32.5 Å². The van der Waals surface area contributed by atoms with Gasteiger partial charge in [0.05, 0.1) is 11.2 Å². The third-order valence-electron chi connectivity index (χ3n) is 3.85. The number of fused-ring (bicyclic) bond motifs is 1. The third-order valence-corrected chi connectivity index (χ3v) is 4.08. The lowest BCUT2D eigenvalue weighted by Crippen LogP contribution is -2.21. The number of nitrogens with two attached hydrogens (primary N) is 1. The quantitative estimate of drug-likeness (QED) is 0.443. The molecule has 9 heteroatoms. The van der Waals surface area contributed by atoms with Gasteiger partial charge >= 0.3 is 0 Å². The molecule has 0 atom stereocenters. The summed E-state index contributed by atoms with van der Waals surface area (Å²) in [7, 11) is 3.86. The van der Waals surface area contributed by atoms with Gasteiger partial charge in [0, 0.05) is 23.7 Å². The third kappa shape index (κ3) is 4.35. The molecule has 1 aromatic heterocycles. The van der Waals surface area contributed by atoms with E-state index in [2.05, 4.69) is 20.3 Å². The molecular weight excluding hydrogens is 374 g/mol. The van der Waals surface area contributed by atoms with Crippen molar-refractivity contribution in [2.24, 2.45) is 10.7 Å². The Kier molecular flexibility index (Phi) is 5.57. The molecule has 0 saturated carbocycles. The molecule has 27 heavy (non-hydrogen) atoms. The average molecular weight is 393 g/mol. The van der Waals surface area contributed by atoms with Crippen LogP contribution in [0.15, 0.2) is 35.3 Å². The largest absolute Gasteiger partial charge is 0.383 e. The zero-order chi connectivity index (χ0) is 19.6. The molecule has 0 radical (unpaired) electrons. The lowest BCUT2D eigenvalue weighted by molar-refractivity contribution is 0.425. The molecule has 0 bridgehead atoms. The zero-order valence-electron chi connectivity index (χ0n) is 14.9. The number of likely N-dealkylation sites (N-methyl/N-ethyl adjacent to an activating group) is 1. The first kappa shape index (κ1) is 19.1. The highest BCUT2D eigenvalue weighted by atomic mass is 35.5. The van der Waals surface area contributed by atoms with E-state index in [-0.39, 0.29) is 22.4 Å². The van der Waals surface area contributed by atoms with Crippen LogP contribution < -0.4 is 11.1 Å². The summed E-state index contributed by atoms with van der Waals surface area (Å²) >= 11 is 5.94. The van der Waals surface area contributed by atoms with E-state index in [0.717, 1.165) is 12.6 Å². The van der Waals surface area contributed by atoms with Crippen LogP contribution in [0.4, 0.5) is 20.4 Å². The molecule has 0 unspecified atom stereocenters. The minimum Gasteiger partial charge on any atom is -0.383 e. The van der Waals surface area contributed by atoms with Gasteiger partial charge in [0.1, 0.15) is 11.4 Å². The number of H-pyrrole nitrogens is 1. The molecule has 0 aliphatic rings. The van der Waals surface area contributed by atoms with Crippen LogP contribution in [0.2, 0.25) is 5.02 Å². The first-order valence-electron chi connectivity index (χ1n) is 8.21. The van der Waals surface area contributed by atoms with Gasteiger partial charge in [-0.3, -0.25) is 0 Å². The predicted octanol–water partition coefficient (Wildman–Crippen LogP) is 3.51. The highest BCUT2D eigenvalue weighted by Gasteiger charge is 2.18. The van der Waals surface area contributed by atoms with Gasteiger partial charge in [-0.25, -0.2) is 18.8 Å². The monoisotopic (exact) mass is 392 g/mol. The summed E-state index contributed by atoms with van der Waals surface area (Å²) in [4.78, 5) is 13.3. The Hall–Kier alpha value is -2.71. The smallest absolute Gasteiger partial charge is 0.201 e. The molecule has 142 valence electrons. The van der Waals surface area contributed by atoms with Crippen molar-refractivity contribution in [2.45, 2.75) is 0 Å². The van der Waals surface area contributed by atoms with Crippen molar-refractivity contribution < 1.29 is 8.78 Å². The minimum absolute atomic E-state index is 0.0182. The van der Waals surface area contributed by atoms with E-state index in [4.69, 9.17) is 17.3 Å². The summed E-state index contributed by atoms with van der Waals surface area (Å²) < 4.78 is 28.2. The van der Waals surface area contributed by atoms with Crippen LogP contribution in [0.1, 0.15) is 5.56 Å². The summed E-state index contributed by atoms with van der Waals surface area (Å²) in [5, 5.41) is 3.53. The fraction of sp³-hybridized carbons (Fsp3) is 0.222. The van der Waals surface area contributed by atoms with Crippen molar-refractivity contribution in [3.63, 3.8) is 0 Å². The highest BCUT2D eigenvalue weighted by Crippen LogP contribution is 2.26. The standard InChI is InChI=1S/C18H19ClF2N6/c1-27(2)7-6-23-18-25-15-12(9-13(20)14(21)16(15)26-18)17(22)24-11-5-3-4-10(19)8-11/h3-5,8-9H,6-7H2,1-2H3,(H2,22,24)(H2,23,25,26). The first-order chi connectivity index (χ1) is 12.8. The van der Waals surface area contributed by atoms with Gasteiger partial charge in [-0.15, -0.1) is 0 Å². The Morgan fingerprint density at radius 1 is 1.33 bits per heavy atom. The van der Waals surface area contributed by atoms with Crippen LogP contribution in [0, 0.1) is 11.6 Å². The Morgan fingerprint density at radius 3 is 2.81 bits per heavy atom. The number of hydrogen-bond acceptors (Lipinski definition) is 4. The summed E-state index contributed by atoms with van der Waals surface area (Å²) in [6.07, 6.45) is 0. The maximum Gasteiger partial charge on any atom is 0.201 e. The number of hydrogen-bond donors (Lipinski definition) is 3. The van der Waals surface area contributed by atoms with E-state index in [1.165, 1.54) is 0 Å². The van der Waals surface area contributed by atoms with Crippen molar-refractivity contribution in [3.05, 3.63) is 52.6 Å². The molecule has 3 aromatic rings. The molecule has 2 aromatic carbocycles. The second-order valence-electron chi connectivity index (χ2n) is 6.24. The molecule has 1 heterocycles. The van der Waals surface area contributed by atoms with Crippen LogP contribution in [-0.2, 0) is 0 Å². The number of aromatic amines is 1.